The molecule has 1 nitrogen and oxygen atoms in total. The normalized spacial score (nSPS) is 23.9. The van der Waals surface area contributed by atoms with Crippen LogP contribution in [0.1, 0.15) is 38.3 Å². The highest BCUT2D eigenvalue weighted by atomic mass is 79.9. The van der Waals surface area contributed by atoms with Crippen LogP contribution in [0.5, 0.6) is 0 Å². The second kappa shape index (κ2) is 3.99. The minimum absolute atomic E-state index is 0.271. The van der Waals surface area contributed by atoms with E-state index < -0.39 is 0 Å². The molecule has 0 amide bonds. The van der Waals surface area contributed by atoms with Crippen molar-refractivity contribution in [2.24, 2.45) is 5.92 Å². The average molecular weight is 281 g/mol. The lowest BCUT2D eigenvalue weighted by molar-refractivity contribution is -0.122. The van der Waals surface area contributed by atoms with Gasteiger partial charge in [0, 0.05) is 10.9 Å². The lowest BCUT2D eigenvalue weighted by atomic mass is 9.76. The molecule has 0 saturated carbocycles. The predicted molar refractivity (Wildman–Crippen MR) is 69.7 cm³/mol. The minimum atomic E-state index is -0.271. The fourth-order valence-corrected chi connectivity index (χ4v) is 3.14. The Labute approximate surface area is 105 Å². The van der Waals surface area contributed by atoms with Crippen molar-refractivity contribution in [1.82, 2.24) is 0 Å². The molecule has 1 atom stereocenters. The Morgan fingerprint density at radius 3 is 2.75 bits per heavy atom. The van der Waals surface area contributed by atoms with Crippen LogP contribution < -0.4 is 0 Å². The first-order valence-electron chi connectivity index (χ1n) is 5.75. The molecule has 16 heavy (non-hydrogen) atoms. The summed E-state index contributed by atoms with van der Waals surface area (Å²) in [5, 5.41) is 0. The summed E-state index contributed by atoms with van der Waals surface area (Å²) in [5.74, 6) is 0.910. The fraction of sp³-hybridized carbons (Fsp3) is 0.500. The Bertz CT molecular complexity index is 436. The monoisotopic (exact) mass is 280 g/mol. The molecule has 2 heteroatoms. The lowest BCUT2D eigenvalue weighted by Gasteiger charge is -2.26. The van der Waals surface area contributed by atoms with Gasteiger partial charge < -0.3 is 0 Å². The SMILES string of the molecule is CC(C)CC1(C)C(=O)Cc2ccc(Br)cc21. The predicted octanol–water partition coefficient (Wildman–Crippen LogP) is 3.88. The first kappa shape index (κ1) is 11.8. The van der Waals surface area contributed by atoms with Gasteiger partial charge in [0.2, 0.25) is 0 Å². The van der Waals surface area contributed by atoms with E-state index >= 15 is 0 Å². The van der Waals surface area contributed by atoms with Crippen LogP contribution in [0.3, 0.4) is 0 Å². The summed E-state index contributed by atoms with van der Waals surface area (Å²) < 4.78 is 1.07. The van der Waals surface area contributed by atoms with Gasteiger partial charge in [0.25, 0.3) is 0 Å². The molecule has 0 aromatic heterocycles. The topological polar surface area (TPSA) is 17.1 Å². The van der Waals surface area contributed by atoms with Gasteiger partial charge in [-0.05, 0) is 42.5 Å². The Balaban J connectivity index is 2.49. The zero-order valence-electron chi connectivity index (χ0n) is 10.0. The zero-order chi connectivity index (χ0) is 11.9. The Morgan fingerprint density at radius 1 is 1.44 bits per heavy atom. The van der Waals surface area contributed by atoms with Crippen molar-refractivity contribution in [3.05, 3.63) is 33.8 Å². The van der Waals surface area contributed by atoms with Crippen molar-refractivity contribution in [3.63, 3.8) is 0 Å². The Hall–Kier alpha value is -0.630. The Kier molecular flexibility index (Phi) is 2.95. The third-order valence-corrected chi connectivity index (χ3v) is 3.94. The van der Waals surface area contributed by atoms with Crippen molar-refractivity contribution < 1.29 is 4.79 Å². The van der Waals surface area contributed by atoms with Crippen LogP contribution >= 0.6 is 15.9 Å². The van der Waals surface area contributed by atoms with Crippen molar-refractivity contribution in [3.8, 4) is 0 Å². The molecule has 86 valence electrons. The second-order valence-corrected chi connectivity index (χ2v) is 6.25. The van der Waals surface area contributed by atoms with Crippen LogP contribution in [0.4, 0.5) is 0 Å². The third kappa shape index (κ3) is 1.84. The van der Waals surface area contributed by atoms with Gasteiger partial charge in [-0.15, -0.1) is 0 Å². The highest BCUT2D eigenvalue weighted by Crippen LogP contribution is 2.41. The third-order valence-electron chi connectivity index (χ3n) is 3.45. The maximum Gasteiger partial charge on any atom is 0.147 e. The summed E-state index contributed by atoms with van der Waals surface area (Å²) in [4.78, 5) is 12.2. The molecule has 0 aliphatic heterocycles. The largest absolute Gasteiger partial charge is 0.298 e. The molecule has 1 aliphatic carbocycles. The van der Waals surface area contributed by atoms with Crippen LogP contribution in [0, 0.1) is 5.92 Å². The minimum Gasteiger partial charge on any atom is -0.298 e. The molecule has 0 saturated heterocycles. The number of Topliss-reactive ketones (excluding diaryl/α,β-unsaturated/α-hetero) is 1. The van der Waals surface area contributed by atoms with Gasteiger partial charge in [-0.1, -0.05) is 35.8 Å². The molecule has 1 unspecified atom stereocenters. The van der Waals surface area contributed by atoms with Crippen molar-refractivity contribution in [2.45, 2.75) is 39.0 Å². The summed E-state index contributed by atoms with van der Waals surface area (Å²) in [5.41, 5.74) is 2.16. The number of hydrogen-bond acceptors (Lipinski definition) is 1. The van der Waals surface area contributed by atoms with E-state index in [0.717, 1.165) is 10.9 Å². The van der Waals surface area contributed by atoms with Crippen molar-refractivity contribution in [1.29, 1.82) is 0 Å². The number of carbonyl (C=O) groups is 1. The van der Waals surface area contributed by atoms with Crippen LogP contribution in [-0.2, 0) is 16.6 Å². The van der Waals surface area contributed by atoms with Crippen molar-refractivity contribution >= 4 is 21.7 Å². The molecule has 0 N–H and O–H groups in total. The zero-order valence-corrected chi connectivity index (χ0v) is 11.6. The van der Waals surface area contributed by atoms with Gasteiger partial charge in [0.1, 0.15) is 5.78 Å². The summed E-state index contributed by atoms with van der Waals surface area (Å²) >= 11 is 3.49. The smallest absolute Gasteiger partial charge is 0.147 e. The fourth-order valence-electron chi connectivity index (χ4n) is 2.78. The summed E-state index contributed by atoms with van der Waals surface area (Å²) in [7, 11) is 0. The number of benzene rings is 1. The van der Waals surface area contributed by atoms with Gasteiger partial charge in [-0.3, -0.25) is 4.79 Å². The van der Waals surface area contributed by atoms with Gasteiger partial charge in [0.15, 0.2) is 0 Å². The summed E-state index contributed by atoms with van der Waals surface area (Å²) in [6.45, 7) is 6.44. The van der Waals surface area contributed by atoms with E-state index in [2.05, 4.69) is 48.8 Å². The van der Waals surface area contributed by atoms with Crippen LogP contribution in [0.15, 0.2) is 22.7 Å². The number of rotatable bonds is 2. The van der Waals surface area contributed by atoms with Crippen LogP contribution in [0.2, 0.25) is 0 Å². The van der Waals surface area contributed by atoms with E-state index in [0.29, 0.717) is 18.1 Å². The molecule has 1 aliphatic rings. The lowest BCUT2D eigenvalue weighted by Crippen LogP contribution is -2.29. The number of fused-ring (bicyclic) bond motifs is 1. The molecule has 1 aromatic rings. The van der Waals surface area contributed by atoms with E-state index in [1.807, 2.05) is 6.07 Å². The summed E-state index contributed by atoms with van der Waals surface area (Å²) in [6.07, 6.45) is 1.54. The second-order valence-electron chi connectivity index (χ2n) is 5.33. The first-order valence-corrected chi connectivity index (χ1v) is 6.55. The molecule has 0 fully saturated rings. The molecule has 0 radical (unpaired) electrons. The quantitative estimate of drug-likeness (QED) is 0.804. The van der Waals surface area contributed by atoms with E-state index in [1.165, 1.54) is 11.1 Å². The molecule has 1 aromatic carbocycles. The molecule has 0 bridgehead atoms. The van der Waals surface area contributed by atoms with Gasteiger partial charge in [-0.25, -0.2) is 0 Å². The molecule has 2 rings (SSSR count). The average Bonchev–Trinajstić information content (AvgIpc) is 2.40. The first-order chi connectivity index (χ1) is 7.43. The maximum atomic E-state index is 12.2. The summed E-state index contributed by atoms with van der Waals surface area (Å²) in [6, 6.07) is 6.21. The molecule has 0 heterocycles. The van der Waals surface area contributed by atoms with Crippen LogP contribution in [-0.4, -0.2) is 5.78 Å². The number of ketones is 1. The molecular formula is C14H17BrO. The van der Waals surface area contributed by atoms with E-state index in [-0.39, 0.29) is 5.41 Å². The van der Waals surface area contributed by atoms with E-state index in [4.69, 9.17) is 0 Å². The number of hydrogen-bond donors (Lipinski definition) is 0. The maximum absolute atomic E-state index is 12.2. The van der Waals surface area contributed by atoms with E-state index in [9.17, 15) is 4.79 Å². The van der Waals surface area contributed by atoms with Gasteiger partial charge >= 0.3 is 0 Å². The molecule has 0 spiro atoms. The number of halogens is 1. The Morgan fingerprint density at radius 2 is 2.12 bits per heavy atom. The van der Waals surface area contributed by atoms with E-state index in [1.54, 1.807) is 0 Å². The van der Waals surface area contributed by atoms with Crippen molar-refractivity contribution in [2.75, 3.05) is 0 Å². The van der Waals surface area contributed by atoms with Gasteiger partial charge in [0.05, 0.1) is 5.41 Å². The van der Waals surface area contributed by atoms with Gasteiger partial charge in [-0.2, -0.15) is 0 Å². The standard InChI is InChI=1S/C14H17BrO/c1-9(2)8-14(3)12-7-11(15)5-4-10(12)6-13(14)16/h4-5,7,9H,6,8H2,1-3H3. The highest BCUT2D eigenvalue weighted by Gasteiger charge is 2.42. The highest BCUT2D eigenvalue weighted by molar-refractivity contribution is 9.10. The number of carbonyl (C=O) groups excluding carboxylic acids is 1. The molecular weight excluding hydrogens is 264 g/mol. The van der Waals surface area contributed by atoms with Crippen LogP contribution in [0.25, 0.3) is 0 Å².